The number of anilines is 2. The highest BCUT2D eigenvalue weighted by Crippen LogP contribution is 2.29. The van der Waals surface area contributed by atoms with Crippen LogP contribution in [0.3, 0.4) is 0 Å². The SMILES string of the molecule is CCc1ccccc1N1C(=O)C[C@@H](Nc2cccc(C)c2C)C1=O. The van der Waals surface area contributed by atoms with Crippen molar-refractivity contribution in [2.75, 3.05) is 10.2 Å². The molecule has 0 saturated carbocycles. The molecule has 1 atom stereocenters. The number of aryl methyl sites for hydroxylation is 2. The quantitative estimate of drug-likeness (QED) is 0.875. The Kier molecular flexibility index (Phi) is 4.38. The van der Waals surface area contributed by atoms with E-state index in [1.807, 2.05) is 63.2 Å². The molecule has 1 N–H and O–H groups in total. The van der Waals surface area contributed by atoms with Crippen LogP contribution in [-0.4, -0.2) is 17.9 Å². The lowest BCUT2D eigenvalue weighted by Gasteiger charge is -2.19. The predicted molar refractivity (Wildman–Crippen MR) is 96.3 cm³/mol. The Bertz CT molecular complexity index is 798. The molecule has 0 radical (unpaired) electrons. The van der Waals surface area contributed by atoms with Gasteiger partial charge < -0.3 is 5.32 Å². The van der Waals surface area contributed by atoms with Gasteiger partial charge in [-0.25, -0.2) is 4.90 Å². The van der Waals surface area contributed by atoms with Crippen LogP contribution in [0.1, 0.15) is 30.0 Å². The Morgan fingerprint density at radius 1 is 1.08 bits per heavy atom. The van der Waals surface area contributed by atoms with Crippen LogP contribution >= 0.6 is 0 Å². The van der Waals surface area contributed by atoms with Gasteiger partial charge in [0.1, 0.15) is 6.04 Å². The molecule has 2 aromatic rings. The summed E-state index contributed by atoms with van der Waals surface area (Å²) in [4.78, 5) is 26.6. The van der Waals surface area contributed by atoms with Crippen molar-refractivity contribution in [3.63, 3.8) is 0 Å². The van der Waals surface area contributed by atoms with E-state index in [2.05, 4.69) is 5.32 Å². The van der Waals surface area contributed by atoms with Crippen molar-refractivity contribution in [2.45, 2.75) is 39.7 Å². The molecule has 0 aliphatic carbocycles. The first-order chi connectivity index (χ1) is 11.5. The number of para-hydroxylation sites is 1. The molecule has 24 heavy (non-hydrogen) atoms. The van der Waals surface area contributed by atoms with Crippen LogP contribution < -0.4 is 10.2 Å². The van der Waals surface area contributed by atoms with Crippen LogP contribution in [0.5, 0.6) is 0 Å². The smallest absolute Gasteiger partial charge is 0.256 e. The highest BCUT2D eigenvalue weighted by Gasteiger charge is 2.40. The number of carbonyl (C=O) groups is 2. The lowest BCUT2D eigenvalue weighted by atomic mass is 10.1. The van der Waals surface area contributed by atoms with Crippen LogP contribution in [0.15, 0.2) is 42.5 Å². The fourth-order valence-corrected chi connectivity index (χ4v) is 3.12. The number of benzene rings is 2. The minimum Gasteiger partial charge on any atom is -0.373 e. The number of amides is 2. The standard InChI is InChI=1S/C20H22N2O2/c1-4-15-9-5-6-11-18(15)22-19(23)12-17(20(22)24)21-16-10-7-8-13(2)14(16)3/h5-11,17,21H,4,12H2,1-3H3/t17-/m1/s1. The fraction of sp³-hybridized carbons (Fsp3) is 0.300. The highest BCUT2D eigenvalue weighted by molar-refractivity contribution is 6.23. The fourth-order valence-electron chi connectivity index (χ4n) is 3.12. The van der Waals surface area contributed by atoms with Crippen molar-refractivity contribution in [3.8, 4) is 0 Å². The molecule has 124 valence electrons. The van der Waals surface area contributed by atoms with E-state index in [0.717, 1.165) is 28.8 Å². The van der Waals surface area contributed by atoms with E-state index < -0.39 is 6.04 Å². The molecule has 4 heteroatoms. The van der Waals surface area contributed by atoms with E-state index in [0.29, 0.717) is 5.69 Å². The van der Waals surface area contributed by atoms with Gasteiger partial charge in [0, 0.05) is 5.69 Å². The predicted octanol–water partition coefficient (Wildman–Crippen LogP) is 3.61. The van der Waals surface area contributed by atoms with Gasteiger partial charge in [-0.05, 0) is 49.1 Å². The maximum Gasteiger partial charge on any atom is 0.256 e. The second kappa shape index (κ2) is 6.48. The summed E-state index contributed by atoms with van der Waals surface area (Å²) >= 11 is 0. The summed E-state index contributed by atoms with van der Waals surface area (Å²) < 4.78 is 0. The Morgan fingerprint density at radius 3 is 2.58 bits per heavy atom. The van der Waals surface area contributed by atoms with Crippen molar-refractivity contribution in [3.05, 3.63) is 59.2 Å². The number of carbonyl (C=O) groups excluding carboxylic acids is 2. The van der Waals surface area contributed by atoms with Gasteiger partial charge in [0.25, 0.3) is 5.91 Å². The average Bonchev–Trinajstić information content (AvgIpc) is 2.85. The Hall–Kier alpha value is -2.62. The maximum atomic E-state index is 12.8. The summed E-state index contributed by atoms with van der Waals surface area (Å²) in [5.74, 6) is -0.328. The summed E-state index contributed by atoms with van der Waals surface area (Å²) in [6.45, 7) is 6.07. The first-order valence-electron chi connectivity index (χ1n) is 8.30. The van der Waals surface area contributed by atoms with Crippen molar-refractivity contribution in [1.82, 2.24) is 0 Å². The number of nitrogens with zero attached hydrogens (tertiary/aromatic N) is 1. The lowest BCUT2D eigenvalue weighted by Crippen LogP contribution is -2.35. The number of hydrogen-bond donors (Lipinski definition) is 1. The lowest BCUT2D eigenvalue weighted by molar-refractivity contribution is -0.121. The van der Waals surface area contributed by atoms with E-state index in [9.17, 15) is 9.59 Å². The van der Waals surface area contributed by atoms with Gasteiger partial charge in [-0.15, -0.1) is 0 Å². The molecule has 0 spiro atoms. The van der Waals surface area contributed by atoms with Crippen LogP contribution in [0, 0.1) is 13.8 Å². The molecule has 1 aliphatic rings. The van der Waals surface area contributed by atoms with Crippen molar-refractivity contribution in [2.24, 2.45) is 0 Å². The first kappa shape index (κ1) is 16.2. The van der Waals surface area contributed by atoms with Gasteiger partial charge >= 0.3 is 0 Å². The molecule has 1 heterocycles. The zero-order chi connectivity index (χ0) is 17.3. The summed E-state index contributed by atoms with van der Waals surface area (Å²) in [5.41, 5.74) is 4.88. The van der Waals surface area contributed by atoms with E-state index in [-0.39, 0.29) is 18.2 Å². The minimum absolute atomic E-state index is 0.149. The number of nitrogens with one attached hydrogen (secondary N) is 1. The van der Waals surface area contributed by atoms with Crippen LogP contribution in [-0.2, 0) is 16.0 Å². The number of rotatable bonds is 4. The van der Waals surface area contributed by atoms with Gasteiger partial charge in [-0.3, -0.25) is 9.59 Å². The third-order valence-corrected chi connectivity index (χ3v) is 4.69. The Labute approximate surface area is 142 Å². The topological polar surface area (TPSA) is 49.4 Å². The molecule has 0 aromatic heterocycles. The van der Waals surface area contributed by atoms with Gasteiger partial charge in [0.05, 0.1) is 12.1 Å². The van der Waals surface area contributed by atoms with Gasteiger partial charge in [0.2, 0.25) is 5.91 Å². The molecule has 1 aliphatic heterocycles. The molecule has 0 unspecified atom stereocenters. The largest absolute Gasteiger partial charge is 0.373 e. The zero-order valence-corrected chi connectivity index (χ0v) is 14.3. The Balaban J connectivity index is 1.88. The molecule has 3 rings (SSSR count). The van der Waals surface area contributed by atoms with E-state index in [1.165, 1.54) is 4.90 Å². The van der Waals surface area contributed by atoms with Crippen LogP contribution in [0.2, 0.25) is 0 Å². The maximum absolute atomic E-state index is 12.8. The van der Waals surface area contributed by atoms with Gasteiger partial charge in [0.15, 0.2) is 0 Å². The Morgan fingerprint density at radius 2 is 1.83 bits per heavy atom. The molecule has 0 bridgehead atoms. The second-order valence-corrected chi connectivity index (χ2v) is 6.20. The number of imide groups is 1. The third kappa shape index (κ3) is 2.80. The monoisotopic (exact) mass is 322 g/mol. The highest BCUT2D eigenvalue weighted by atomic mass is 16.2. The molecule has 2 amide bonds. The second-order valence-electron chi connectivity index (χ2n) is 6.20. The summed E-state index contributed by atoms with van der Waals surface area (Å²) in [7, 11) is 0. The molecular formula is C20H22N2O2. The van der Waals surface area contributed by atoms with Crippen molar-refractivity contribution < 1.29 is 9.59 Å². The van der Waals surface area contributed by atoms with Crippen LogP contribution in [0.25, 0.3) is 0 Å². The first-order valence-corrected chi connectivity index (χ1v) is 8.30. The molecule has 4 nitrogen and oxygen atoms in total. The van der Waals surface area contributed by atoms with Crippen LogP contribution in [0.4, 0.5) is 11.4 Å². The summed E-state index contributed by atoms with van der Waals surface area (Å²) in [6.07, 6.45) is 0.965. The van der Waals surface area contributed by atoms with E-state index in [4.69, 9.17) is 0 Å². The molecular weight excluding hydrogens is 300 g/mol. The molecule has 1 saturated heterocycles. The van der Waals surface area contributed by atoms with Gasteiger partial charge in [-0.2, -0.15) is 0 Å². The van der Waals surface area contributed by atoms with Gasteiger partial charge in [-0.1, -0.05) is 37.3 Å². The molecule has 1 fully saturated rings. The van der Waals surface area contributed by atoms with E-state index >= 15 is 0 Å². The molecule has 2 aromatic carbocycles. The normalized spacial score (nSPS) is 17.5. The van der Waals surface area contributed by atoms with E-state index in [1.54, 1.807) is 0 Å². The van der Waals surface area contributed by atoms with Crippen molar-refractivity contribution >= 4 is 23.2 Å². The third-order valence-electron chi connectivity index (χ3n) is 4.69. The number of hydrogen-bond acceptors (Lipinski definition) is 3. The summed E-state index contributed by atoms with van der Waals surface area (Å²) in [5, 5.41) is 3.26. The minimum atomic E-state index is -0.511. The average molecular weight is 322 g/mol. The summed E-state index contributed by atoms with van der Waals surface area (Å²) in [6, 6.07) is 13.0. The zero-order valence-electron chi connectivity index (χ0n) is 14.3. The van der Waals surface area contributed by atoms with Crippen molar-refractivity contribution in [1.29, 1.82) is 0 Å².